The number of hydrogen-bond donors (Lipinski definition) is 1. The van der Waals surface area contributed by atoms with Crippen LogP contribution in [0.4, 0.5) is 0 Å². The second-order valence-corrected chi connectivity index (χ2v) is 7.06. The molecule has 0 amide bonds. The lowest BCUT2D eigenvalue weighted by Gasteiger charge is -2.08. The lowest BCUT2D eigenvalue weighted by Crippen LogP contribution is -2.28. The highest BCUT2D eigenvalue weighted by Gasteiger charge is 2.14. The van der Waals surface area contributed by atoms with E-state index >= 15 is 0 Å². The molecule has 0 fully saturated rings. The number of rotatable bonds is 10. The number of unbranched alkanes of at least 4 members (excludes halogenated alkanes) is 2. The average Bonchev–Trinajstić information content (AvgIpc) is 2.96. The van der Waals surface area contributed by atoms with Crippen LogP contribution in [0, 0.1) is 0 Å². The molecule has 1 aromatic carbocycles. The first-order chi connectivity index (χ1) is 10.6. The van der Waals surface area contributed by atoms with Gasteiger partial charge in [-0.1, -0.05) is 19.8 Å². The summed E-state index contributed by atoms with van der Waals surface area (Å²) < 4.78 is 42.1. The summed E-state index contributed by atoms with van der Waals surface area (Å²) in [6.45, 7) is 3.16. The molecule has 0 saturated heterocycles. The number of hydrogen-bond acceptors (Lipinski definition) is 5. The van der Waals surface area contributed by atoms with Crippen LogP contribution in [-0.4, -0.2) is 34.1 Å². The Kier molecular flexibility index (Phi) is 6.33. The molecule has 1 N–H and O–H groups in total. The SMILES string of the molecule is CCCCCNS(=O)(=O)CCCOc1ccc2c(c1)OCO2. The van der Waals surface area contributed by atoms with Crippen LogP contribution in [0.5, 0.6) is 17.2 Å². The number of fused-ring (bicyclic) bond motifs is 1. The van der Waals surface area contributed by atoms with Crippen LogP contribution in [0.3, 0.4) is 0 Å². The Labute approximate surface area is 131 Å². The Balaban J connectivity index is 1.66. The van der Waals surface area contributed by atoms with Crippen molar-refractivity contribution in [3.8, 4) is 17.2 Å². The van der Waals surface area contributed by atoms with Crippen molar-refractivity contribution in [1.29, 1.82) is 0 Å². The third kappa shape index (κ3) is 5.38. The van der Waals surface area contributed by atoms with Crippen LogP contribution < -0.4 is 18.9 Å². The zero-order chi connectivity index (χ0) is 15.8. The predicted octanol–water partition coefficient (Wildman–Crippen LogP) is 2.29. The van der Waals surface area contributed by atoms with Gasteiger partial charge in [-0.05, 0) is 25.0 Å². The summed E-state index contributed by atoms with van der Waals surface area (Å²) >= 11 is 0. The first-order valence-corrected chi connectivity index (χ1v) is 9.26. The summed E-state index contributed by atoms with van der Waals surface area (Å²) in [6, 6.07) is 5.31. The molecule has 2 rings (SSSR count). The van der Waals surface area contributed by atoms with Gasteiger partial charge in [-0.3, -0.25) is 0 Å². The van der Waals surface area contributed by atoms with Gasteiger partial charge >= 0.3 is 0 Å². The van der Waals surface area contributed by atoms with E-state index in [2.05, 4.69) is 11.6 Å². The normalized spacial score (nSPS) is 13.3. The molecule has 7 heteroatoms. The second kappa shape index (κ2) is 8.24. The molecular weight excluding hydrogens is 306 g/mol. The molecule has 0 radical (unpaired) electrons. The van der Waals surface area contributed by atoms with Crippen molar-refractivity contribution >= 4 is 10.0 Å². The van der Waals surface area contributed by atoms with Crippen LogP contribution in [0.15, 0.2) is 18.2 Å². The minimum absolute atomic E-state index is 0.0731. The van der Waals surface area contributed by atoms with E-state index in [0.29, 0.717) is 36.8 Å². The Hall–Kier alpha value is -1.47. The highest BCUT2D eigenvalue weighted by Crippen LogP contribution is 2.35. The van der Waals surface area contributed by atoms with E-state index in [4.69, 9.17) is 14.2 Å². The molecule has 0 bridgehead atoms. The summed E-state index contributed by atoms with van der Waals surface area (Å²) in [7, 11) is -3.20. The van der Waals surface area contributed by atoms with Crippen molar-refractivity contribution in [2.75, 3.05) is 25.7 Å². The van der Waals surface area contributed by atoms with Crippen molar-refractivity contribution in [3.05, 3.63) is 18.2 Å². The predicted molar refractivity (Wildman–Crippen MR) is 84.0 cm³/mol. The Morgan fingerprint density at radius 2 is 2.00 bits per heavy atom. The highest BCUT2D eigenvalue weighted by atomic mass is 32.2. The maximum absolute atomic E-state index is 11.8. The molecule has 1 heterocycles. The molecule has 0 atom stereocenters. The average molecular weight is 329 g/mol. The largest absolute Gasteiger partial charge is 0.493 e. The molecule has 6 nitrogen and oxygen atoms in total. The van der Waals surface area contributed by atoms with Crippen LogP contribution in [0.25, 0.3) is 0 Å². The first kappa shape index (κ1) is 16.9. The minimum atomic E-state index is -3.20. The Morgan fingerprint density at radius 3 is 2.82 bits per heavy atom. The number of ether oxygens (including phenoxy) is 3. The molecule has 0 aliphatic carbocycles. The minimum Gasteiger partial charge on any atom is -0.493 e. The highest BCUT2D eigenvalue weighted by molar-refractivity contribution is 7.89. The molecule has 0 unspecified atom stereocenters. The van der Waals surface area contributed by atoms with Crippen molar-refractivity contribution in [2.24, 2.45) is 0 Å². The Morgan fingerprint density at radius 1 is 1.18 bits per heavy atom. The fraction of sp³-hybridized carbons (Fsp3) is 0.600. The molecule has 0 saturated carbocycles. The van der Waals surface area contributed by atoms with Gasteiger partial charge in [0, 0.05) is 12.6 Å². The van der Waals surface area contributed by atoms with E-state index in [1.54, 1.807) is 18.2 Å². The standard InChI is InChI=1S/C15H23NO5S/c1-2-3-4-8-16-22(17,18)10-5-9-19-13-6-7-14-15(11-13)21-12-20-14/h6-7,11,16H,2-5,8-10,12H2,1H3. The molecule has 124 valence electrons. The van der Waals surface area contributed by atoms with Gasteiger partial charge < -0.3 is 14.2 Å². The van der Waals surface area contributed by atoms with E-state index < -0.39 is 10.0 Å². The summed E-state index contributed by atoms with van der Waals surface area (Å²) in [6.07, 6.45) is 3.43. The summed E-state index contributed by atoms with van der Waals surface area (Å²) in [5, 5.41) is 0. The molecule has 1 aliphatic heterocycles. The zero-order valence-electron chi connectivity index (χ0n) is 12.8. The molecular formula is C15H23NO5S. The summed E-state index contributed by atoms with van der Waals surface area (Å²) in [5.41, 5.74) is 0. The fourth-order valence-corrected chi connectivity index (χ4v) is 3.18. The monoisotopic (exact) mass is 329 g/mol. The van der Waals surface area contributed by atoms with Gasteiger partial charge in [-0.25, -0.2) is 13.1 Å². The van der Waals surface area contributed by atoms with Crippen molar-refractivity contribution in [1.82, 2.24) is 4.72 Å². The zero-order valence-corrected chi connectivity index (χ0v) is 13.7. The van der Waals surface area contributed by atoms with Gasteiger partial charge in [-0.15, -0.1) is 0 Å². The van der Waals surface area contributed by atoms with E-state index in [1.165, 1.54) is 0 Å². The van der Waals surface area contributed by atoms with Crippen molar-refractivity contribution < 1.29 is 22.6 Å². The fourth-order valence-electron chi connectivity index (χ4n) is 2.08. The number of nitrogens with one attached hydrogen (secondary N) is 1. The van der Waals surface area contributed by atoms with E-state index in [9.17, 15) is 8.42 Å². The van der Waals surface area contributed by atoms with E-state index in [-0.39, 0.29) is 12.5 Å². The lowest BCUT2D eigenvalue weighted by molar-refractivity contribution is 0.173. The molecule has 0 aromatic heterocycles. The van der Waals surface area contributed by atoms with Crippen molar-refractivity contribution in [2.45, 2.75) is 32.6 Å². The molecule has 1 aliphatic rings. The van der Waals surface area contributed by atoms with Gasteiger partial charge in [0.2, 0.25) is 16.8 Å². The summed E-state index contributed by atoms with van der Waals surface area (Å²) in [4.78, 5) is 0. The third-order valence-corrected chi connectivity index (χ3v) is 4.74. The second-order valence-electron chi connectivity index (χ2n) is 5.14. The molecule has 0 spiro atoms. The first-order valence-electron chi connectivity index (χ1n) is 7.60. The van der Waals surface area contributed by atoms with Gasteiger partial charge in [0.25, 0.3) is 0 Å². The van der Waals surface area contributed by atoms with Gasteiger partial charge in [0.1, 0.15) is 5.75 Å². The Bertz CT molecular complexity index is 573. The topological polar surface area (TPSA) is 73.9 Å². The number of benzene rings is 1. The van der Waals surface area contributed by atoms with Gasteiger partial charge in [-0.2, -0.15) is 0 Å². The maximum Gasteiger partial charge on any atom is 0.231 e. The van der Waals surface area contributed by atoms with Crippen LogP contribution in [-0.2, 0) is 10.0 Å². The van der Waals surface area contributed by atoms with Crippen LogP contribution >= 0.6 is 0 Å². The summed E-state index contributed by atoms with van der Waals surface area (Å²) in [5.74, 6) is 2.08. The van der Waals surface area contributed by atoms with Crippen LogP contribution in [0.1, 0.15) is 32.6 Å². The molecule has 1 aromatic rings. The van der Waals surface area contributed by atoms with Gasteiger partial charge in [0.15, 0.2) is 11.5 Å². The third-order valence-electron chi connectivity index (χ3n) is 3.27. The molecule has 22 heavy (non-hydrogen) atoms. The van der Waals surface area contributed by atoms with E-state index in [1.807, 2.05) is 0 Å². The lowest BCUT2D eigenvalue weighted by atomic mass is 10.3. The number of sulfonamides is 1. The van der Waals surface area contributed by atoms with Crippen molar-refractivity contribution in [3.63, 3.8) is 0 Å². The van der Waals surface area contributed by atoms with E-state index in [0.717, 1.165) is 19.3 Å². The van der Waals surface area contributed by atoms with Crippen LogP contribution in [0.2, 0.25) is 0 Å². The van der Waals surface area contributed by atoms with Gasteiger partial charge in [0.05, 0.1) is 12.4 Å². The smallest absolute Gasteiger partial charge is 0.231 e. The maximum atomic E-state index is 11.8. The quantitative estimate of drug-likeness (QED) is 0.667.